The number of ether oxygens (including phenoxy) is 1. The van der Waals surface area contributed by atoms with Crippen LogP contribution < -0.4 is 4.74 Å². The van der Waals surface area contributed by atoms with E-state index in [2.05, 4.69) is 176 Å². The zero-order chi connectivity index (χ0) is 33.5. The van der Waals surface area contributed by atoms with E-state index < -0.39 is 0 Å². The first-order chi connectivity index (χ1) is 25.3. The van der Waals surface area contributed by atoms with Crippen molar-refractivity contribution in [3.63, 3.8) is 0 Å². The summed E-state index contributed by atoms with van der Waals surface area (Å²) < 4.78 is 6.55. The molecule has 1 nitrogen and oxygen atoms in total. The van der Waals surface area contributed by atoms with Gasteiger partial charge in [-0.1, -0.05) is 140 Å². The van der Waals surface area contributed by atoms with Crippen molar-refractivity contribution in [2.45, 2.75) is 12.3 Å². The maximum Gasteiger partial charge on any atom is 0.135 e. The topological polar surface area (TPSA) is 9.23 Å². The first-order valence-corrected chi connectivity index (χ1v) is 17.8. The third-order valence-corrected chi connectivity index (χ3v) is 11.2. The Kier molecular flexibility index (Phi) is 6.15. The largest absolute Gasteiger partial charge is 0.460 e. The van der Waals surface area contributed by atoms with Crippen LogP contribution >= 0.6 is 0 Å². The van der Waals surface area contributed by atoms with Crippen molar-refractivity contribution in [2.75, 3.05) is 0 Å². The molecule has 1 aliphatic carbocycles. The number of fused-ring (bicyclic) bond motifs is 10. The lowest BCUT2D eigenvalue weighted by Gasteiger charge is -2.31. The molecule has 0 spiro atoms. The summed E-state index contributed by atoms with van der Waals surface area (Å²) in [4.78, 5) is 0. The molecule has 1 atom stereocenters. The lowest BCUT2D eigenvalue weighted by molar-refractivity contribution is 0.377. The molecule has 1 unspecified atom stereocenters. The van der Waals surface area contributed by atoms with E-state index in [0.29, 0.717) is 0 Å². The van der Waals surface area contributed by atoms with E-state index in [1.807, 2.05) is 0 Å². The average Bonchev–Trinajstić information content (AvgIpc) is 3.20. The van der Waals surface area contributed by atoms with E-state index in [4.69, 9.17) is 4.74 Å². The predicted molar refractivity (Wildman–Crippen MR) is 215 cm³/mol. The second kappa shape index (κ2) is 11.0. The van der Waals surface area contributed by atoms with E-state index in [9.17, 15) is 0 Å². The van der Waals surface area contributed by atoms with Gasteiger partial charge in [0.2, 0.25) is 0 Å². The third kappa shape index (κ3) is 4.35. The molecule has 0 amide bonds. The Morgan fingerprint density at radius 3 is 1.80 bits per heavy atom. The molecule has 9 aromatic rings. The molecule has 0 aromatic heterocycles. The molecule has 9 aromatic carbocycles. The van der Waals surface area contributed by atoms with Crippen LogP contribution in [0.15, 0.2) is 182 Å². The number of hydrogen-bond donors (Lipinski definition) is 0. The van der Waals surface area contributed by atoms with Gasteiger partial charge in [-0.25, -0.2) is 0 Å². The van der Waals surface area contributed by atoms with Gasteiger partial charge in [-0.2, -0.15) is 0 Å². The van der Waals surface area contributed by atoms with Crippen molar-refractivity contribution >= 4 is 59.4 Å². The van der Waals surface area contributed by atoms with E-state index in [1.165, 1.54) is 92.8 Å². The minimum Gasteiger partial charge on any atom is -0.460 e. The highest BCUT2D eigenvalue weighted by atomic mass is 16.5. The highest BCUT2D eigenvalue weighted by Crippen LogP contribution is 2.49. The first kappa shape index (κ1) is 28.4. The molecule has 0 saturated heterocycles. The molecule has 238 valence electrons. The zero-order valence-electron chi connectivity index (χ0n) is 27.9. The molecule has 1 heteroatoms. The summed E-state index contributed by atoms with van der Waals surface area (Å²) in [5.41, 5.74) is 8.84. The number of hydrogen-bond acceptors (Lipinski definition) is 1. The standard InChI is InChI=1S/C50H32O/c1-2-12-31(13-3-1)34-26-35(33-24-25-47-45(29-33)43-22-10-14-32-15-11-23-48(51-47)49(32)43)28-36(27-34)44-30-46-39-18-5-4-16-37(39)38-17-6-8-20-41(38)50(46)42-21-9-7-19-40(42)44/h1-28,30,45H,29H2. The first-order valence-electron chi connectivity index (χ1n) is 17.8. The lowest BCUT2D eigenvalue weighted by atomic mass is 9.80. The van der Waals surface area contributed by atoms with Gasteiger partial charge < -0.3 is 4.74 Å². The van der Waals surface area contributed by atoms with Gasteiger partial charge in [0.1, 0.15) is 11.5 Å². The zero-order valence-corrected chi connectivity index (χ0v) is 27.9. The Balaban J connectivity index is 1.16. The molecule has 11 rings (SSSR count). The van der Waals surface area contributed by atoms with Crippen LogP contribution in [-0.4, -0.2) is 0 Å². The van der Waals surface area contributed by atoms with Gasteiger partial charge in [0.15, 0.2) is 0 Å². The molecule has 1 heterocycles. The minimum atomic E-state index is 0.175. The van der Waals surface area contributed by atoms with Crippen molar-refractivity contribution in [3.8, 4) is 28.0 Å². The predicted octanol–water partition coefficient (Wildman–Crippen LogP) is 13.6. The molecule has 0 fully saturated rings. The summed E-state index contributed by atoms with van der Waals surface area (Å²) in [5, 5.41) is 12.8. The van der Waals surface area contributed by atoms with Crippen LogP contribution in [0.5, 0.6) is 5.75 Å². The van der Waals surface area contributed by atoms with Gasteiger partial charge in [-0.05, 0) is 130 Å². The second-order valence-electron chi connectivity index (χ2n) is 14.0. The van der Waals surface area contributed by atoms with Crippen LogP contribution in [0.2, 0.25) is 0 Å². The maximum atomic E-state index is 6.55. The molecule has 1 aliphatic heterocycles. The van der Waals surface area contributed by atoms with Gasteiger partial charge in [0.05, 0.1) is 0 Å². The van der Waals surface area contributed by atoms with Gasteiger partial charge in [-0.15, -0.1) is 0 Å². The molecular weight excluding hydrogens is 617 g/mol. The van der Waals surface area contributed by atoms with Gasteiger partial charge >= 0.3 is 0 Å². The number of allylic oxidation sites excluding steroid dienone is 4. The Labute approximate surface area is 296 Å². The number of rotatable bonds is 3. The van der Waals surface area contributed by atoms with E-state index >= 15 is 0 Å². The van der Waals surface area contributed by atoms with Crippen LogP contribution in [0.4, 0.5) is 0 Å². The molecule has 2 aliphatic rings. The summed E-state index contributed by atoms with van der Waals surface area (Å²) in [5.74, 6) is 2.16. The van der Waals surface area contributed by atoms with Crippen molar-refractivity contribution in [1.29, 1.82) is 0 Å². The smallest absolute Gasteiger partial charge is 0.135 e. The molecule has 0 saturated carbocycles. The van der Waals surface area contributed by atoms with Crippen molar-refractivity contribution < 1.29 is 4.74 Å². The molecular formula is C50H32O. The summed E-state index contributed by atoms with van der Waals surface area (Å²) in [6.45, 7) is 0. The quantitative estimate of drug-likeness (QED) is 0.173. The third-order valence-electron chi connectivity index (χ3n) is 11.2. The lowest BCUT2D eigenvalue weighted by Crippen LogP contribution is -2.16. The Bertz CT molecular complexity index is 2960. The van der Waals surface area contributed by atoms with Crippen LogP contribution in [0.3, 0.4) is 0 Å². The SMILES string of the molecule is C1=C(c2cc(-c3ccccc3)cc(-c3cc4c5ccccc5c5ccccc5c4c4ccccc34)c2)CC2C(=C1)Oc1cccc3cccc2c13. The van der Waals surface area contributed by atoms with Gasteiger partial charge in [0.25, 0.3) is 0 Å². The van der Waals surface area contributed by atoms with E-state index in [1.54, 1.807) is 0 Å². The minimum absolute atomic E-state index is 0.175. The highest BCUT2D eigenvalue weighted by molar-refractivity contribution is 6.33. The monoisotopic (exact) mass is 648 g/mol. The van der Waals surface area contributed by atoms with Crippen molar-refractivity contribution in [2.24, 2.45) is 0 Å². The van der Waals surface area contributed by atoms with Crippen molar-refractivity contribution in [3.05, 3.63) is 193 Å². The molecule has 0 N–H and O–H groups in total. The fourth-order valence-corrected chi connectivity index (χ4v) is 8.88. The molecule has 0 bridgehead atoms. The second-order valence-corrected chi connectivity index (χ2v) is 14.0. The average molecular weight is 649 g/mol. The Morgan fingerprint density at radius 1 is 0.412 bits per heavy atom. The summed E-state index contributed by atoms with van der Waals surface area (Å²) in [6.07, 6.45) is 5.37. The van der Waals surface area contributed by atoms with E-state index in [-0.39, 0.29) is 5.92 Å². The fourth-order valence-electron chi connectivity index (χ4n) is 8.88. The van der Waals surface area contributed by atoms with E-state index in [0.717, 1.165) is 17.9 Å². The van der Waals surface area contributed by atoms with Crippen LogP contribution in [-0.2, 0) is 0 Å². The summed E-state index contributed by atoms with van der Waals surface area (Å²) in [7, 11) is 0. The fraction of sp³-hybridized carbons (Fsp3) is 0.0400. The van der Waals surface area contributed by atoms with Crippen LogP contribution in [0.25, 0.3) is 81.7 Å². The summed E-state index contributed by atoms with van der Waals surface area (Å²) in [6, 6.07) is 60.2. The normalized spacial score (nSPS) is 15.2. The molecule has 0 radical (unpaired) electrons. The van der Waals surface area contributed by atoms with Gasteiger partial charge in [-0.3, -0.25) is 0 Å². The van der Waals surface area contributed by atoms with Crippen LogP contribution in [0.1, 0.15) is 23.5 Å². The Hall–Kier alpha value is -6.44. The summed E-state index contributed by atoms with van der Waals surface area (Å²) >= 11 is 0. The van der Waals surface area contributed by atoms with Gasteiger partial charge in [0, 0.05) is 11.3 Å². The Morgan fingerprint density at radius 2 is 1.02 bits per heavy atom. The highest BCUT2D eigenvalue weighted by Gasteiger charge is 2.30. The number of benzene rings is 9. The van der Waals surface area contributed by atoms with Crippen LogP contribution in [0, 0.1) is 0 Å². The maximum absolute atomic E-state index is 6.55. The molecule has 51 heavy (non-hydrogen) atoms. The van der Waals surface area contributed by atoms with Crippen molar-refractivity contribution in [1.82, 2.24) is 0 Å².